The van der Waals surface area contributed by atoms with Gasteiger partial charge in [-0.2, -0.15) is 0 Å². The predicted octanol–water partition coefficient (Wildman–Crippen LogP) is 1.47. The Morgan fingerprint density at radius 1 is 1.06 bits per heavy atom. The molecule has 0 unspecified atom stereocenters. The normalized spacial score (nSPS) is 10.2. The number of carboxylic acids is 1. The molecule has 1 aromatic carbocycles. The highest BCUT2D eigenvalue weighted by molar-refractivity contribution is 6.12. The van der Waals surface area contributed by atoms with Crippen LogP contribution in [-0.4, -0.2) is 22.6 Å². The summed E-state index contributed by atoms with van der Waals surface area (Å²) in [6.07, 6.45) is 1.30. The van der Waals surface area contributed by atoms with Crippen LogP contribution in [0.4, 0.5) is 0 Å². The number of carboxylic acid groups (broad SMARTS) is 1. The Hall–Kier alpha value is -2.23. The molecule has 0 heterocycles. The second-order valence-corrected chi connectivity index (χ2v) is 3.10. The minimum atomic E-state index is -1.21. The average molecular weight is 218 g/mol. The van der Waals surface area contributed by atoms with Crippen molar-refractivity contribution in [3.63, 3.8) is 0 Å². The van der Waals surface area contributed by atoms with Gasteiger partial charge in [-0.15, -0.1) is 0 Å². The van der Waals surface area contributed by atoms with Crippen molar-refractivity contribution in [1.29, 1.82) is 0 Å². The summed E-state index contributed by atoms with van der Waals surface area (Å²) >= 11 is 0. The molecule has 0 amide bonds. The zero-order chi connectivity index (χ0) is 12.0. The van der Waals surface area contributed by atoms with Crippen molar-refractivity contribution in [1.82, 2.24) is 0 Å². The molecule has 0 spiro atoms. The van der Waals surface area contributed by atoms with Gasteiger partial charge in [-0.1, -0.05) is 30.3 Å². The second-order valence-electron chi connectivity index (χ2n) is 3.10. The SMILES string of the molecule is O=C(O)/C=C/C(=O)CC(=O)c1ccccc1. The molecule has 0 atom stereocenters. The molecule has 0 aromatic heterocycles. The largest absolute Gasteiger partial charge is 0.478 e. The van der Waals surface area contributed by atoms with Gasteiger partial charge in [0.05, 0.1) is 6.42 Å². The number of benzene rings is 1. The van der Waals surface area contributed by atoms with Crippen molar-refractivity contribution in [2.45, 2.75) is 6.42 Å². The van der Waals surface area contributed by atoms with E-state index in [1.165, 1.54) is 0 Å². The predicted molar refractivity (Wildman–Crippen MR) is 57.2 cm³/mol. The molecule has 0 radical (unpaired) electrons. The van der Waals surface area contributed by atoms with E-state index in [1.54, 1.807) is 30.3 Å². The van der Waals surface area contributed by atoms with E-state index >= 15 is 0 Å². The Morgan fingerprint density at radius 3 is 2.25 bits per heavy atom. The lowest BCUT2D eigenvalue weighted by Crippen LogP contribution is -2.06. The monoisotopic (exact) mass is 218 g/mol. The smallest absolute Gasteiger partial charge is 0.328 e. The number of aliphatic carboxylic acids is 1. The van der Waals surface area contributed by atoms with E-state index in [2.05, 4.69) is 0 Å². The van der Waals surface area contributed by atoms with Crippen LogP contribution in [0.1, 0.15) is 16.8 Å². The summed E-state index contributed by atoms with van der Waals surface area (Å²) in [4.78, 5) is 32.8. The van der Waals surface area contributed by atoms with Gasteiger partial charge in [-0.3, -0.25) is 9.59 Å². The number of rotatable bonds is 5. The van der Waals surface area contributed by atoms with Crippen molar-refractivity contribution >= 4 is 17.5 Å². The molecule has 0 aliphatic carbocycles. The van der Waals surface area contributed by atoms with Crippen LogP contribution in [-0.2, 0) is 9.59 Å². The van der Waals surface area contributed by atoms with Crippen LogP contribution in [0.3, 0.4) is 0 Å². The van der Waals surface area contributed by atoms with Gasteiger partial charge in [-0.25, -0.2) is 4.79 Å². The lowest BCUT2D eigenvalue weighted by Gasteiger charge is -1.96. The van der Waals surface area contributed by atoms with Crippen LogP contribution in [0, 0.1) is 0 Å². The van der Waals surface area contributed by atoms with Crippen LogP contribution in [0.2, 0.25) is 0 Å². The standard InChI is InChI=1S/C12H10O4/c13-10(6-7-12(15)16)8-11(14)9-4-2-1-3-5-9/h1-7H,8H2,(H,15,16)/b7-6+. The fourth-order valence-electron chi connectivity index (χ4n) is 1.11. The molecule has 0 saturated carbocycles. The molecular weight excluding hydrogens is 208 g/mol. The quantitative estimate of drug-likeness (QED) is 0.461. The van der Waals surface area contributed by atoms with Gasteiger partial charge in [0.25, 0.3) is 0 Å². The third-order valence-electron chi connectivity index (χ3n) is 1.84. The van der Waals surface area contributed by atoms with Gasteiger partial charge >= 0.3 is 5.97 Å². The number of ketones is 2. The number of Topliss-reactive ketones (excluding diaryl/α,β-unsaturated/α-hetero) is 1. The molecule has 1 rings (SSSR count). The number of carbonyl (C=O) groups excluding carboxylic acids is 2. The lowest BCUT2D eigenvalue weighted by molar-refractivity contribution is -0.131. The highest BCUT2D eigenvalue weighted by Crippen LogP contribution is 2.03. The van der Waals surface area contributed by atoms with E-state index in [1.807, 2.05) is 0 Å². The molecule has 16 heavy (non-hydrogen) atoms. The fraction of sp³-hybridized carbons (Fsp3) is 0.0833. The average Bonchev–Trinajstić information content (AvgIpc) is 2.27. The molecule has 1 N–H and O–H groups in total. The molecule has 0 aliphatic heterocycles. The van der Waals surface area contributed by atoms with Crippen LogP contribution >= 0.6 is 0 Å². The zero-order valence-corrected chi connectivity index (χ0v) is 8.42. The maximum absolute atomic E-state index is 11.5. The Bertz CT molecular complexity index is 432. The highest BCUT2D eigenvalue weighted by atomic mass is 16.4. The fourth-order valence-corrected chi connectivity index (χ4v) is 1.11. The van der Waals surface area contributed by atoms with Crippen LogP contribution in [0.25, 0.3) is 0 Å². The summed E-state index contributed by atoms with van der Waals surface area (Å²) in [5, 5.41) is 8.29. The molecule has 1 aromatic rings. The Morgan fingerprint density at radius 2 is 1.69 bits per heavy atom. The van der Waals surface area contributed by atoms with E-state index in [9.17, 15) is 14.4 Å². The summed E-state index contributed by atoms with van der Waals surface area (Å²) in [6, 6.07) is 8.38. The van der Waals surface area contributed by atoms with E-state index in [0.717, 1.165) is 12.2 Å². The summed E-state index contributed by atoms with van der Waals surface area (Å²) < 4.78 is 0. The van der Waals surface area contributed by atoms with E-state index in [0.29, 0.717) is 5.56 Å². The summed E-state index contributed by atoms with van der Waals surface area (Å²) in [5.74, 6) is -2.04. The minimum Gasteiger partial charge on any atom is -0.478 e. The van der Waals surface area contributed by atoms with E-state index < -0.39 is 11.8 Å². The van der Waals surface area contributed by atoms with Crippen LogP contribution < -0.4 is 0 Å². The van der Waals surface area contributed by atoms with Gasteiger partial charge in [0.15, 0.2) is 11.6 Å². The molecule has 4 heteroatoms. The van der Waals surface area contributed by atoms with Gasteiger partial charge in [0, 0.05) is 11.6 Å². The molecule has 0 aliphatic rings. The summed E-state index contributed by atoms with van der Waals surface area (Å²) in [6.45, 7) is 0. The molecule has 4 nitrogen and oxygen atoms in total. The number of hydrogen-bond donors (Lipinski definition) is 1. The lowest BCUT2D eigenvalue weighted by atomic mass is 10.1. The van der Waals surface area contributed by atoms with Gasteiger partial charge in [0.1, 0.15) is 0 Å². The van der Waals surface area contributed by atoms with Gasteiger partial charge in [-0.05, 0) is 6.08 Å². The first kappa shape index (κ1) is 11.8. The first-order chi connectivity index (χ1) is 7.59. The summed E-state index contributed by atoms with van der Waals surface area (Å²) in [7, 11) is 0. The second kappa shape index (κ2) is 5.60. The number of hydrogen-bond acceptors (Lipinski definition) is 3. The Balaban J connectivity index is 2.59. The van der Waals surface area contributed by atoms with E-state index in [4.69, 9.17) is 5.11 Å². The number of allylic oxidation sites excluding steroid dienone is 1. The van der Waals surface area contributed by atoms with Crippen molar-refractivity contribution in [2.75, 3.05) is 0 Å². The zero-order valence-electron chi connectivity index (χ0n) is 8.42. The first-order valence-electron chi connectivity index (χ1n) is 4.61. The number of carbonyl (C=O) groups is 3. The van der Waals surface area contributed by atoms with Crippen molar-refractivity contribution < 1.29 is 19.5 Å². The van der Waals surface area contributed by atoms with Crippen LogP contribution in [0.15, 0.2) is 42.5 Å². The maximum Gasteiger partial charge on any atom is 0.328 e. The molecule has 82 valence electrons. The first-order valence-corrected chi connectivity index (χ1v) is 4.61. The highest BCUT2D eigenvalue weighted by Gasteiger charge is 2.09. The molecular formula is C12H10O4. The third-order valence-corrected chi connectivity index (χ3v) is 1.84. The van der Waals surface area contributed by atoms with Crippen molar-refractivity contribution in [3.8, 4) is 0 Å². The van der Waals surface area contributed by atoms with Gasteiger partial charge in [0.2, 0.25) is 0 Å². The minimum absolute atomic E-state index is 0.312. The summed E-state index contributed by atoms with van der Waals surface area (Å²) in [5.41, 5.74) is 0.444. The maximum atomic E-state index is 11.5. The molecule has 0 fully saturated rings. The Kier molecular flexibility index (Phi) is 4.15. The van der Waals surface area contributed by atoms with Crippen molar-refractivity contribution in [2.24, 2.45) is 0 Å². The van der Waals surface area contributed by atoms with E-state index in [-0.39, 0.29) is 12.2 Å². The molecule has 0 bridgehead atoms. The van der Waals surface area contributed by atoms with Gasteiger partial charge < -0.3 is 5.11 Å². The van der Waals surface area contributed by atoms with Crippen molar-refractivity contribution in [3.05, 3.63) is 48.0 Å². The third kappa shape index (κ3) is 3.88. The topological polar surface area (TPSA) is 71.4 Å². The molecule has 0 saturated heterocycles. The van der Waals surface area contributed by atoms with Crippen LogP contribution in [0.5, 0.6) is 0 Å². The Labute approximate surface area is 92.2 Å².